The average Bonchev–Trinajstić information content (AvgIpc) is 2.04. The molecule has 0 aliphatic heterocycles. The number of primary amides is 1. The number of carbonyl (C=O) groups excluding carboxylic acids is 1. The van der Waals surface area contributed by atoms with E-state index < -0.39 is 11.6 Å². The van der Waals surface area contributed by atoms with Gasteiger partial charge in [0.15, 0.2) is 0 Å². The maximum atomic E-state index is 13.6. The standard InChI is InChI=1S/C9H9ClFNO/c1-9(11,8(12)13)6-2-4-7(10)5-3-6/h2-5H,1H3,(H2,12,13)/t9-/m1/s1. The number of hydrogen-bond donors (Lipinski definition) is 1. The van der Waals surface area contributed by atoms with E-state index in [9.17, 15) is 9.18 Å². The summed E-state index contributed by atoms with van der Waals surface area (Å²) in [6.45, 7) is 1.12. The second kappa shape index (κ2) is 3.34. The van der Waals surface area contributed by atoms with Crippen LogP contribution in [0.1, 0.15) is 12.5 Å². The van der Waals surface area contributed by atoms with Crippen molar-refractivity contribution in [2.24, 2.45) is 5.73 Å². The Kier molecular flexibility index (Phi) is 2.57. The van der Waals surface area contributed by atoms with Gasteiger partial charge < -0.3 is 5.73 Å². The molecule has 0 aliphatic carbocycles. The molecule has 1 amide bonds. The monoisotopic (exact) mass is 201 g/mol. The van der Waals surface area contributed by atoms with Crippen LogP contribution in [0.2, 0.25) is 5.02 Å². The Hall–Kier alpha value is -1.09. The minimum atomic E-state index is -2.13. The van der Waals surface area contributed by atoms with E-state index in [1.165, 1.54) is 24.3 Å². The van der Waals surface area contributed by atoms with Crippen molar-refractivity contribution in [3.8, 4) is 0 Å². The largest absolute Gasteiger partial charge is 0.367 e. The van der Waals surface area contributed by atoms with Gasteiger partial charge in [-0.3, -0.25) is 4.79 Å². The molecule has 70 valence electrons. The molecule has 0 radical (unpaired) electrons. The number of benzene rings is 1. The lowest BCUT2D eigenvalue weighted by molar-refractivity contribution is -0.128. The number of alkyl halides is 1. The summed E-state index contributed by atoms with van der Waals surface area (Å²) in [4.78, 5) is 10.7. The van der Waals surface area contributed by atoms with E-state index in [-0.39, 0.29) is 5.56 Å². The molecule has 1 aromatic carbocycles. The van der Waals surface area contributed by atoms with Gasteiger partial charge in [0, 0.05) is 5.02 Å². The minimum Gasteiger partial charge on any atom is -0.367 e. The predicted octanol–water partition coefficient (Wildman–Crippen LogP) is 2.01. The summed E-state index contributed by atoms with van der Waals surface area (Å²) in [6.07, 6.45) is 0. The van der Waals surface area contributed by atoms with Gasteiger partial charge in [0.05, 0.1) is 0 Å². The third-order valence-corrected chi connectivity index (χ3v) is 2.10. The van der Waals surface area contributed by atoms with Crippen LogP contribution in [0.15, 0.2) is 24.3 Å². The molecule has 0 saturated carbocycles. The van der Waals surface area contributed by atoms with E-state index in [2.05, 4.69) is 0 Å². The van der Waals surface area contributed by atoms with Crippen LogP contribution >= 0.6 is 11.6 Å². The molecular formula is C9H9ClFNO. The van der Waals surface area contributed by atoms with Crippen LogP contribution in [0.4, 0.5) is 4.39 Å². The van der Waals surface area contributed by atoms with Crippen molar-refractivity contribution in [3.05, 3.63) is 34.9 Å². The zero-order valence-electron chi connectivity index (χ0n) is 7.05. The van der Waals surface area contributed by atoms with E-state index in [4.69, 9.17) is 17.3 Å². The summed E-state index contributed by atoms with van der Waals surface area (Å²) in [6, 6.07) is 5.90. The van der Waals surface area contributed by atoms with Crippen LogP contribution in [0.3, 0.4) is 0 Å². The minimum absolute atomic E-state index is 0.212. The number of halogens is 2. The van der Waals surface area contributed by atoms with Crippen molar-refractivity contribution < 1.29 is 9.18 Å². The van der Waals surface area contributed by atoms with Crippen LogP contribution in [0.25, 0.3) is 0 Å². The Morgan fingerprint density at radius 3 is 2.31 bits per heavy atom. The lowest BCUT2D eigenvalue weighted by Gasteiger charge is -2.16. The fourth-order valence-electron chi connectivity index (χ4n) is 0.905. The zero-order chi connectivity index (χ0) is 10.1. The number of amides is 1. The molecule has 0 saturated heterocycles. The summed E-state index contributed by atoms with van der Waals surface area (Å²) < 4.78 is 13.6. The van der Waals surface area contributed by atoms with Crippen molar-refractivity contribution in [3.63, 3.8) is 0 Å². The third-order valence-electron chi connectivity index (χ3n) is 1.85. The third kappa shape index (κ3) is 1.98. The Morgan fingerprint density at radius 2 is 1.92 bits per heavy atom. The maximum Gasteiger partial charge on any atom is 0.259 e. The second-order valence-corrected chi connectivity index (χ2v) is 3.31. The van der Waals surface area contributed by atoms with Crippen LogP contribution in [0.5, 0.6) is 0 Å². The Labute approximate surface area is 80.5 Å². The van der Waals surface area contributed by atoms with E-state index >= 15 is 0 Å². The Morgan fingerprint density at radius 1 is 1.46 bits per heavy atom. The highest BCUT2D eigenvalue weighted by Gasteiger charge is 2.32. The summed E-state index contributed by atoms with van der Waals surface area (Å²) in [5, 5.41) is 0.490. The lowest BCUT2D eigenvalue weighted by Crippen LogP contribution is -2.34. The summed E-state index contributed by atoms with van der Waals surface area (Å²) in [7, 11) is 0. The van der Waals surface area contributed by atoms with E-state index in [1.807, 2.05) is 0 Å². The van der Waals surface area contributed by atoms with Crippen molar-refractivity contribution >= 4 is 17.5 Å². The van der Waals surface area contributed by atoms with Gasteiger partial charge in [-0.2, -0.15) is 0 Å². The smallest absolute Gasteiger partial charge is 0.259 e. The first kappa shape index (κ1) is 9.99. The molecule has 0 aliphatic rings. The molecule has 4 heteroatoms. The molecule has 0 heterocycles. The van der Waals surface area contributed by atoms with E-state index in [0.717, 1.165) is 6.92 Å². The van der Waals surface area contributed by atoms with Crippen molar-refractivity contribution in [1.29, 1.82) is 0 Å². The summed E-state index contributed by atoms with van der Waals surface area (Å²) in [5.74, 6) is -1.00. The van der Waals surface area contributed by atoms with Gasteiger partial charge in [-0.15, -0.1) is 0 Å². The SMILES string of the molecule is C[C@](F)(C(N)=O)c1ccc(Cl)cc1. The molecule has 0 bridgehead atoms. The molecule has 1 rings (SSSR count). The first-order valence-electron chi connectivity index (χ1n) is 3.69. The normalized spacial score (nSPS) is 15.0. The van der Waals surface area contributed by atoms with Gasteiger partial charge in [0.1, 0.15) is 0 Å². The van der Waals surface area contributed by atoms with Crippen LogP contribution in [-0.2, 0) is 10.5 Å². The Balaban J connectivity index is 3.08. The molecule has 1 atom stereocenters. The van der Waals surface area contributed by atoms with Gasteiger partial charge >= 0.3 is 0 Å². The first-order valence-corrected chi connectivity index (χ1v) is 4.07. The van der Waals surface area contributed by atoms with Gasteiger partial charge in [-0.1, -0.05) is 23.7 Å². The fourth-order valence-corrected chi connectivity index (χ4v) is 1.03. The molecular weight excluding hydrogens is 193 g/mol. The van der Waals surface area contributed by atoms with E-state index in [1.54, 1.807) is 0 Å². The van der Waals surface area contributed by atoms with E-state index in [0.29, 0.717) is 5.02 Å². The zero-order valence-corrected chi connectivity index (χ0v) is 7.81. The molecule has 0 spiro atoms. The summed E-state index contributed by atoms with van der Waals surface area (Å²) >= 11 is 5.60. The molecule has 0 aromatic heterocycles. The summed E-state index contributed by atoms with van der Waals surface area (Å²) in [5.41, 5.74) is 2.97. The highest BCUT2D eigenvalue weighted by molar-refractivity contribution is 6.30. The van der Waals surface area contributed by atoms with Crippen molar-refractivity contribution in [1.82, 2.24) is 0 Å². The second-order valence-electron chi connectivity index (χ2n) is 2.87. The number of rotatable bonds is 2. The predicted molar refractivity (Wildman–Crippen MR) is 49.1 cm³/mol. The highest BCUT2D eigenvalue weighted by atomic mass is 35.5. The molecule has 0 fully saturated rings. The first-order chi connectivity index (χ1) is 5.94. The molecule has 2 nitrogen and oxygen atoms in total. The maximum absolute atomic E-state index is 13.6. The number of carbonyl (C=O) groups is 1. The topological polar surface area (TPSA) is 43.1 Å². The molecule has 0 unspecified atom stereocenters. The highest BCUT2D eigenvalue weighted by Crippen LogP contribution is 2.25. The number of hydrogen-bond acceptors (Lipinski definition) is 1. The van der Waals surface area contributed by atoms with Gasteiger partial charge in [-0.25, -0.2) is 4.39 Å². The van der Waals surface area contributed by atoms with Gasteiger partial charge in [0.2, 0.25) is 5.67 Å². The quantitative estimate of drug-likeness (QED) is 0.782. The van der Waals surface area contributed by atoms with Crippen molar-refractivity contribution in [2.75, 3.05) is 0 Å². The Bertz CT molecular complexity index is 321. The molecule has 1 aromatic rings. The van der Waals surface area contributed by atoms with Gasteiger partial charge in [-0.05, 0) is 24.6 Å². The van der Waals surface area contributed by atoms with Crippen molar-refractivity contribution in [2.45, 2.75) is 12.6 Å². The fraction of sp³-hybridized carbons (Fsp3) is 0.222. The lowest BCUT2D eigenvalue weighted by atomic mass is 9.98. The van der Waals surface area contributed by atoms with Crippen LogP contribution < -0.4 is 5.73 Å². The van der Waals surface area contributed by atoms with Crippen LogP contribution in [0, 0.1) is 0 Å². The molecule has 2 N–H and O–H groups in total. The number of nitrogens with two attached hydrogens (primary N) is 1. The molecule has 13 heavy (non-hydrogen) atoms. The average molecular weight is 202 g/mol. The van der Waals surface area contributed by atoms with Crippen LogP contribution in [-0.4, -0.2) is 5.91 Å². The van der Waals surface area contributed by atoms with Gasteiger partial charge in [0.25, 0.3) is 5.91 Å².